The van der Waals surface area contributed by atoms with E-state index < -0.39 is 6.10 Å². The molecule has 0 spiro atoms. The van der Waals surface area contributed by atoms with Crippen LogP contribution in [0.3, 0.4) is 0 Å². The molecule has 5 heteroatoms. The van der Waals surface area contributed by atoms with E-state index in [2.05, 4.69) is 5.32 Å². The average molecular weight is 271 g/mol. The van der Waals surface area contributed by atoms with E-state index in [1.165, 1.54) is 13.2 Å². The molecule has 1 rings (SSSR count). The van der Waals surface area contributed by atoms with Gasteiger partial charge in [-0.2, -0.15) is 0 Å². The largest absolute Gasteiger partial charge is 0.360 e. The molecular weight excluding hydrogens is 249 g/mol. The van der Waals surface area contributed by atoms with Crippen LogP contribution in [0.15, 0.2) is 24.3 Å². The Labute approximate surface area is 113 Å². The summed E-state index contributed by atoms with van der Waals surface area (Å²) in [7, 11) is 1.53. The van der Waals surface area contributed by atoms with Gasteiger partial charge < -0.3 is 14.2 Å². The molecule has 0 aliphatic carbocycles. The minimum atomic E-state index is -0.500. The summed E-state index contributed by atoms with van der Waals surface area (Å²) < 4.78 is 29.8. The van der Waals surface area contributed by atoms with Crippen molar-refractivity contribution in [1.29, 1.82) is 0 Å². The average Bonchev–Trinajstić information content (AvgIpc) is 2.41. The van der Waals surface area contributed by atoms with E-state index in [4.69, 9.17) is 14.2 Å². The van der Waals surface area contributed by atoms with Crippen LogP contribution in [-0.2, 0) is 14.2 Å². The van der Waals surface area contributed by atoms with Crippen LogP contribution in [0.4, 0.5) is 4.39 Å². The Bertz CT molecular complexity index is 362. The first-order chi connectivity index (χ1) is 9.20. The molecule has 0 saturated heterocycles. The van der Waals surface area contributed by atoms with Gasteiger partial charge in [-0.05, 0) is 19.5 Å². The van der Waals surface area contributed by atoms with Crippen molar-refractivity contribution in [2.24, 2.45) is 0 Å². The molecule has 1 N–H and O–H groups in total. The molecule has 0 saturated carbocycles. The van der Waals surface area contributed by atoms with Gasteiger partial charge in [-0.3, -0.25) is 5.32 Å². The summed E-state index contributed by atoms with van der Waals surface area (Å²) in [5.74, 6) is -0.303. The topological polar surface area (TPSA) is 39.7 Å². The number of hydrogen-bond donors (Lipinski definition) is 1. The van der Waals surface area contributed by atoms with Crippen molar-refractivity contribution in [2.75, 3.05) is 27.2 Å². The molecule has 0 radical (unpaired) electrons. The summed E-state index contributed by atoms with van der Waals surface area (Å²) in [6.07, 6.45) is -0.786. The van der Waals surface area contributed by atoms with Gasteiger partial charge in [0.2, 0.25) is 0 Å². The second-order valence-corrected chi connectivity index (χ2v) is 4.13. The normalized spacial score (nSPS) is 14.3. The molecule has 0 heterocycles. The molecular formula is C14H22FNO3. The molecule has 0 fully saturated rings. The Morgan fingerprint density at radius 1 is 1.26 bits per heavy atom. The Balaban J connectivity index is 2.73. The Morgan fingerprint density at radius 3 is 2.63 bits per heavy atom. The lowest BCUT2D eigenvalue weighted by Crippen LogP contribution is -2.28. The van der Waals surface area contributed by atoms with E-state index >= 15 is 0 Å². The molecule has 1 aromatic carbocycles. The zero-order valence-electron chi connectivity index (χ0n) is 11.7. The van der Waals surface area contributed by atoms with Crippen LogP contribution in [0.2, 0.25) is 0 Å². The lowest BCUT2D eigenvalue weighted by Gasteiger charge is -2.25. The smallest absolute Gasteiger partial charge is 0.147 e. The highest BCUT2D eigenvalue weighted by Gasteiger charge is 2.23. The number of ether oxygens (including phenoxy) is 3. The van der Waals surface area contributed by atoms with E-state index in [1.54, 1.807) is 18.2 Å². The van der Waals surface area contributed by atoms with Crippen molar-refractivity contribution in [3.63, 3.8) is 0 Å². The number of nitrogens with one attached hydrogen (secondary N) is 1. The summed E-state index contributed by atoms with van der Waals surface area (Å²) in [5, 5.41) is 3.05. The van der Waals surface area contributed by atoms with E-state index in [-0.39, 0.29) is 18.7 Å². The number of halogens is 1. The standard InChI is InChI=1S/C14H22FNO3/c1-4-16-9-18-11(2)14(19-10-17-3)12-7-5-6-8-13(12)15/h5-8,11,14,16H,4,9-10H2,1-3H3. The summed E-state index contributed by atoms with van der Waals surface area (Å²) >= 11 is 0. The Morgan fingerprint density at radius 2 is 2.00 bits per heavy atom. The van der Waals surface area contributed by atoms with E-state index in [0.717, 1.165) is 6.54 Å². The van der Waals surface area contributed by atoms with Crippen LogP contribution in [-0.4, -0.2) is 33.3 Å². The lowest BCUT2D eigenvalue weighted by atomic mass is 10.0. The van der Waals surface area contributed by atoms with Gasteiger partial charge in [0.15, 0.2) is 0 Å². The van der Waals surface area contributed by atoms with Crippen LogP contribution in [0.5, 0.6) is 0 Å². The number of rotatable bonds is 9. The number of methoxy groups -OCH3 is 1. The van der Waals surface area contributed by atoms with Crippen LogP contribution in [0.1, 0.15) is 25.5 Å². The maximum atomic E-state index is 13.8. The van der Waals surface area contributed by atoms with Crippen molar-refractivity contribution in [1.82, 2.24) is 5.32 Å². The quantitative estimate of drug-likeness (QED) is 0.553. The minimum absolute atomic E-state index is 0.0912. The maximum Gasteiger partial charge on any atom is 0.147 e. The van der Waals surface area contributed by atoms with Crippen LogP contribution in [0.25, 0.3) is 0 Å². The van der Waals surface area contributed by atoms with Crippen molar-refractivity contribution in [2.45, 2.75) is 26.1 Å². The van der Waals surface area contributed by atoms with Crippen LogP contribution < -0.4 is 5.32 Å². The van der Waals surface area contributed by atoms with Gasteiger partial charge in [-0.1, -0.05) is 25.1 Å². The molecule has 4 nitrogen and oxygen atoms in total. The molecule has 108 valence electrons. The zero-order valence-corrected chi connectivity index (χ0v) is 11.7. The SMILES string of the molecule is CCNCOC(C)C(OCOC)c1ccccc1F. The fraction of sp³-hybridized carbons (Fsp3) is 0.571. The highest BCUT2D eigenvalue weighted by molar-refractivity contribution is 5.20. The first-order valence-corrected chi connectivity index (χ1v) is 6.38. The Hall–Kier alpha value is -1.01. The number of benzene rings is 1. The van der Waals surface area contributed by atoms with Gasteiger partial charge >= 0.3 is 0 Å². The first kappa shape index (κ1) is 16.0. The van der Waals surface area contributed by atoms with Crippen molar-refractivity contribution < 1.29 is 18.6 Å². The molecule has 0 aromatic heterocycles. The van der Waals surface area contributed by atoms with Gasteiger partial charge in [0, 0.05) is 12.7 Å². The van der Waals surface area contributed by atoms with Gasteiger partial charge in [-0.15, -0.1) is 0 Å². The molecule has 1 aromatic rings. The predicted molar refractivity (Wildman–Crippen MR) is 71.2 cm³/mol. The molecule has 0 aliphatic rings. The second-order valence-electron chi connectivity index (χ2n) is 4.13. The monoisotopic (exact) mass is 271 g/mol. The molecule has 0 aliphatic heterocycles. The molecule has 2 unspecified atom stereocenters. The lowest BCUT2D eigenvalue weighted by molar-refractivity contribution is -0.129. The van der Waals surface area contributed by atoms with Crippen molar-refractivity contribution >= 4 is 0 Å². The van der Waals surface area contributed by atoms with E-state index in [0.29, 0.717) is 12.3 Å². The van der Waals surface area contributed by atoms with Crippen LogP contribution in [0, 0.1) is 5.82 Å². The third-order valence-corrected chi connectivity index (χ3v) is 2.70. The third-order valence-electron chi connectivity index (χ3n) is 2.70. The highest BCUT2D eigenvalue weighted by atomic mass is 19.1. The second kappa shape index (κ2) is 8.98. The molecule has 19 heavy (non-hydrogen) atoms. The third kappa shape index (κ3) is 5.24. The highest BCUT2D eigenvalue weighted by Crippen LogP contribution is 2.25. The summed E-state index contributed by atoms with van der Waals surface area (Å²) in [6.45, 7) is 5.15. The fourth-order valence-electron chi connectivity index (χ4n) is 1.71. The molecule has 0 amide bonds. The molecule has 2 atom stereocenters. The van der Waals surface area contributed by atoms with E-state index in [9.17, 15) is 4.39 Å². The predicted octanol–water partition coefficient (Wildman–Crippen LogP) is 2.46. The summed E-state index contributed by atoms with van der Waals surface area (Å²) in [4.78, 5) is 0. The minimum Gasteiger partial charge on any atom is -0.360 e. The van der Waals surface area contributed by atoms with Crippen molar-refractivity contribution in [3.8, 4) is 0 Å². The Kier molecular flexibility index (Phi) is 7.59. The van der Waals surface area contributed by atoms with Gasteiger partial charge in [0.25, 0.3) is 0 Å². The van der Waals surface area contributed by atoms with Crippen molar-refractivity contribution in [3.05, 3.63) is 35.6 Å². The maximum absolute atomic E-state index is 13.8. The van der Waals surface area contributed by atoms with Gasteiger partial charge in [0.1, 0.15) is 18.7 Å². The molecule has 0 bridgehead atoms. The van der Waals surface area contributed by atoms with Gasteiger partial charge in [-0.25, -0.2) is 4.39 Å². The number of hydrogen-bond acceptors (Lipinski definition) is 4. The summed E-state index contributed by atoms with van der Waals surface area (Å²) in [6, 6.07) is 6.53. The summed E-state index contributed by atoms with van der Waals surface area (Å²) in [5.41, 5.74) is 0.476. The van der Waals surface area contributed by atoms with Gasteiger partial charge in [0.05, 0.1) is 12.8 Å². The van der Waals surface area contributed by atoms with Crippen LogP contribution >= 0.6 is 0 Å². The first-order valence-electron chi connectivity index (χ1n) is 6.38. The van der Waals surface area contributed by atoms with E-state index in [1.807, 2.05) is 13.8 Å². The fourth-order valence-corrected chi connectivity index (χ4v) is 1.71. The zero-order chi connectivity index (χ0) is 14.1.